The summed E-state index contributed by atoms with van der Waals surface area (Å²) in [5.74, 6) is 1.43. The van der Waals surface area contributed by atoms with Crippen molar-refractivity contribution in [2.75, 3.05) is 6.54 Å². The number of benzene rings is 1. The molecule has 4 atom stereocenters. The average molecular weight is 324 g/mol. The predicted molar refractivity (Wildman–Crippen MR) is 90.8 cm³/mol. The minimum Gasteiger partial charge on any atom is -0.348 e. The fourth-order valence-corrected chi connectivity index (χ4v) is 3.36. The number of rotatable bonds is 5. The Hall–Kier alpha value is -1.06. The van der Waals surface area contributed by atoms with E-state index in [1.165, 1.54) is 18.4 Å². The maximum atomic E-state index is 12.2. The molecule has 22 heavy (non-hydrogen) atoms. The van der Waals surface area contributed by atoms with Crippen molar-refractivity contribution in [2.24, 2.45) is 11.8 Å². The van der Waals surface area contributed by atoms with Crippen LogP contribution < -0.4 is 10.6 Å². The normalized spacial score (nSPS) is 26.5. The SMILES string of the molecule is C[C@@H]1[C@@H](C)CCC[C@H]1NC(=O)C[NH2+][C@@H](C)c1ccc(Cl)cc1. The van der Waals surface area contributed by atoms with Crippen molar-refractivity contribution in [3.63, 3.8) is 0 Å². The molecular weight excluding hydrogens is 296 g/mol. The zero-order valence-corrected chi connectivity index (χ0v) is 14.6. The molecule has 1 aliphatic carbocycles. The lowest BCUT2D eigenvalue weighted by Gasteiger charge is -2.34. The van der Waals surface area contributed by atoms with Crippen LogP contribution in [0.4, 0.5) is 0 Å². The highest BCUT2D eigenvalue weighted by Gasteiger charge is 2.28. The number of carbonyl (C=O) groups is 1. The van der Waals surface area contributed by atoms with E-state index in [-0.39, 0.29) is 11.9 Å². The molecule has 1 aliphatic rings. The van der Waals surface area contributed by atoms with Gasteiger partial charge in [0.15, 0.2) is 6.54 Å². The van der Waals surface area contributed by atoms with E-state index in [4.69, 9.17) is 11.6 Å². The Labute approximate surface area is 138 Å². The van der Waals surface area contributed by atoms with Gasteiger partial charge in [0.25, 0.3) is 5.91 Å². The standard InChI is InChI=1S/C18H27ClN2O/c1-12-5-4-6-17(13(12)2)21-18(22)11-20-14(3)15-7-9-16(19)10-8-15/h7-10,12-14,17,20H,4-6,11H2,1-3H3,(H,21,22)/p+1/t12-,13+,14-,17+/m0/s1. The number of halogens is 1. The molecule has 3 N–H and O–H groups in total. The van der Waals surface area contributed by atoms with E-state index in [9.17, 15) is 4.79 Å². The zero-order valence-electron chi connectivity index (χ0n) is 13.8. The van der Waals surface area contributed by atoms with Crippen molar-refractivity contribution >= 4 is 17.5 Å². The van der Waals surface area contributed by atoms with Crippen LogP contribution in [0.15, 0.2) is 24.3 Å². The summed E-state index contributed by atoms with van der Waals surface area (Å²) in [4.78, 5) is 12.2. The van der Waals surface area contributed by atoms with Gasteiger partial charge in [0.2, 0.25) is 0 Å². The molecule has 1 amide bonds. The second kappa shape index (κ2) is 7.98. The lowest BCUT2D eigenvalue weighted by Crippen LogP contribution is -2.87. The molecule has 0 unspecified atom stereocenters. The molecule has 3 nitrogen and oxygen atoms in total. The van der Waals surface area contributed by atoms with Gasteiger partial charge in [-0.25, -0.2) is 0 Å². The van der Waals surface area contributed by atoms with Gasteiger partial charge in [0.1, 0.15) is 6.04 Å². The van der Waals surface area contributed by atoms with Crippen LogP contribution in [-0.2, 0) is 4.79 Å². The molecule has 1 saturated carbocycles. The third-order valence-electron chi connectivity index (χ3n) is 5.11. The first-order valence-electron chi connectivity index (χ1n) is 8.35. The molecular formula is C18H28ClN2O+. The monoisotopic (exact) mass is 323 g/mol. The van der Waals surface area contributed by atoms with Gasteiger partial charge in [-0.05, 0) is 37.3 Å². The van der Waals surface area contributed by atoms with E-state index in [1.54, 1.807) is 0 Å². The van der Waals surface area contributed by atoms with E-state index < -0.39 is 0 Å². The van der Waals surface area contributed by atoms with Crippen LogP contribution in [0.3, 0.4) is 0 Å². The molecule has 0 aliphatic heterocycles. The van der Waals surface area contributed by atoms with Gasteiger partial charge in [-0.2, -0.15) is 0 Å². The Kier molecular flexibility index (Phi) is 6.27. The van der Waals surface area contributed by atoms with Crippen LogP contribution in [0.1, 0.15) is 51.6 Å². The molecule has 4 heteroatoms. The number of nitrogens with two attached hydrogens (primary N) is 1. The van der Waals surface area contributed by atoms with Gasteiger partial charge in [-0.15, -0.1) is 0 Å². The summed E-state index contributed by atoms with van der Waals surface area (Å²) < 4.78 is 0. The number of nitrogens with one attached hydrogen (secondary N) is 1. The second-order valence-electron chi connectivity index (χ2n) is 6.72. The van der Waals surface area contributed by atoms with Gasteiger partial charge < -0.3 is 10.6 Å². The Morgan fingerprint density at radius 1 is 1.32 bits per heavy atom. The third-order valence-corrected chi connectivity index (χ3v) is 5.36. The number of hydrogen-bond acceptors (Lipinski definition) is 1. The molecule has 122 valence electrons. The molecule has 0 heterocycles. The number of hydrogen-bond donors (Lipinski definition) is 2. The fourth-order valence-electron chi connectivity index (χ4n) is 3.24. The van der Waals surface area contributed by atoms with Gasteiger partial charge >= 0.3 is 0 Å². The van der Waals surface area contributed by atoms with E-state index in [2.05, 4.69) is 31.4 Å². The van der Waals surface area contributed by atoms with Crippen LogP contribution in [0, 0.1) is 11.8 Å². The van der Waals surface area contributed by atoms with Gasteiger partial charge in [-0.1, -0.05) is 50.4 Å². The minimum absolute atomic E-state index is 0.145. The highest BCUT2D eigenvalue weighted by atomic mass is 35.5. The molecule has 0 spiro atoms. The Balaban J connectivity index is 1.78. The van der Waals surface area contributed by atoms with E-state index in [1.807, 2.05) is 24.3 Å². The first-order chi connectivity index (χ1) is 10.5. The largest absolute Gasteiger partial charge is 0.348 e. The maximum Gasteiger partial charge on any atom is 0.275 e. The number of quaternary nitrogens is 1. The van der Waals surface area contributed by atoms with Crippen LogP contribution in [-0.4, -0.2) is 18.5 Å². The highest BCUT2D eigenvalue weighted by molar-refractivity contribution is 6.30. The molecule has 0 aromatic heterocycles. The summed E-state index contributed by atoms with van der Waals surface area (Å²) >= 11 is 5.90. The quantitative estimate of drug-likeness (QED) is 0.860. The summed E-state index contributed by atoms with van der Waals surface area (Å²) in [5, 5.41) is 6.05. The van der Waals surface area contributed by atoms with Crippen molar-refractivity contribution in [2.45, 2.75) is 52.1 Å². The summed E-state index contributed by atoms with van der Waals surface area (Å²) in [6.45, 7) is 7.13. The topological polar surface area (TPSA) is 45.7 Å². The first kappa shape index (κ1) is 17.3. The number of carbonyl (C=O) groups excluding carboxylic acids is 1. The Bertz CT molecular complexity index is 488. The smallest absolute Gasteiger partial charge is 0.275 e. The molecule has 1 aromatic carbocycles. The van der Waals surface area contributed by atoms with E-state index >= 15 is 0 Å². The second-order valence-corrected chi connectivity index (χ2v) is 7.16. The lowest BCUT2D eigenvalue weighted by atomic mass is 9.78. The van der Waals surface area contributed by atoms with Gasteiger partial charge in [0.05, 0.1) is 0 Å². The average Bonchev–Trinajstić information content (AvgIpc) is 2.50. The maximum absolute atomic E-state index is 12.2. The molecule has 0 bridgehead atoms. The van der Waals surface area contributed by atoms with Crippen LogP contribution >= 0.6 is 11.6 Å². The van der Waals surface area contributed by atoms with E-state index in [0.29, 0.717) is 24.4 Å². The summed E-state index contributed by atoms with van der Waals surface area (Å²) in [6, 6.07) is 8.43. The molecule has 2 rings (SSSR count). The van der Waals surface area contributed by atoms with Crippen molar-refractivity contribution in [1.82, 2.24) is 5.32 Å². The minimum atomic E-state index is 0.145. The lowest BCUT2D eigenvalue weighted by molar-refractivity contribution is -0.682. The van der Waals surface area contributed by atoms with Crippen LogP contribution in [0.5, 0.6) is 0 Å². The van der Waals surface area contributed by atoms with Crippen LogP contribution in [0.2, 0.25) is 5.02 Å². The molecule has 1 aromatic rings. The highest BCUT2D eigenvalue weighted by Crippen LogP contribution is 2.29. The zero-order chi connectivity index (χ0) is 16.1. The fraction of sp³-hybridized carbons (Fsp3) is 0.611. The molecule has 0 saturated heterocycles. The van der Waals surface area contributed by atoms with Crippen molar-refractivity contribution in [3.8, 4) is 0 Å². The molecule has 0 radical (unpaired) electrons. The third kappa shape index (κ3) is 4.72. The van der Waals surface area contributed by atoms with Crippen molar-refractivity contribution in [3.05, 3.63) is 34.9 Å². The molecule has 1 fully saturated rings. The van der Waals surface area contributed by atoms with Gasteiger partial charge in [-0.3, -0.25) is 4.79 Å². The Morgan fingerprint density at radius 2 is 2.00 bits per heavy atom. The first-order valence-corrected chi connectivity index (χ1v) is 8.73. The summed E-state index contributed by atoms with van der Waals surface area (Å²) in [5.41, 5.74) is 1.19. The Morgan fingerprint density at radius 3 is 2.68 bits per heavy atom. The predicted octanol–water partition coefficient (Wildman–Crippen LogP) is 2.91. The summed E-state index contributed by atoms with van der Waals surface area (Å²) in [7, 11) is 0. The van der Waals surface area contributed by atoms with E-state index in [0.717, 1.165) is 11.4 Å². The number of amides is 1. The van der Waals surface area contributed by atoms with Crippen molar-refractivity contribution in [1.29, 1.82) is 0 Å². The van der Waals surface area contributed by atoms with Crippen molar-refractivity contribution < 1.29 is 10.1 Å². The van der Waals surface area contributed by atoms with Gasteiger partial charge in [0, 0.05) is 16.6 Å². The summed E-state index contributed by atoms with van der Waals surface area (Å²) in [6.07, 6.45) is 3.62. The van der Waals surface area contributed by atoms with Crippen LogP contribution in [0.25, 0.3) is 0 Å².